The number of carbonyl (C=O) groups is 2. The van der Waals surface area contributed by atoms with E-state index in [9.17, 15) is 19.1 Å². The number of piperazine rings is 1. The Morgan fingerprint density at radius 1 is 1.53 bits per heavy atom. The molecule has 102 valence electrons. The second-order valence-corrected chi connectivity index (χ2v) is 4.63. The van der Waals surface area contributed by atoms with E-state index < -0.39 is 12.0 Å². The van der Waals surface area contributed by atoms with Crippen molar-refractivity contribution in [2.45, 2.75) is 19.0 Å². The summed E-state index contributed by atoms with van der Waals surface area (Å²) >= 11 is 0. The van der Waals surface area contributed by atoms with E-state index in [0.29, 0.717) is 19.6 Å². The molecular weight excluding hydrogens is 251 g/mol. The fraction of sp³-hybridized carbons (Fsp3) is 0.385. The van der Waals surface area contributed by atoms with Crippen molar-refractivity contribution >= 4 is 11.9 Å². The molecule has 2 atom stereocenters. The first-order chi connectivity index (χ1) is 9.06. The van der Waals surface area contributed by atoms with Crippen LogP contribution in [0.15, 0.2) is 24.3 Å². The Hall–Kier alpha value is -1.95. The molecule has 19 heavy (non-hydrogen) atoms. The lowest BCUT2D eigenvalue weighted by Crippen LogP contribution is -3.18. The van der Waals surface area contributed by atoms with Crippen molar-refractivity contribution in [3.63, 3.8) is 0 Å². The zero-order valence-corrected chi connectivity index (χ0v) is 10.3. The molecule has 1 aromatic rings. The average molecular weight is 266 g/mol. The number of quaternary nitrogens is 1. The molecule has 1 aromatic carbocycles. The Kier molecular flexibility index (Phi) is 4.11. The topological polar surface area (TPSA) is 73.7 Å². The van der Waals surface area contributed by atoms with Crippen LogP contribution in [0, 0.1) is 5.82 Å². The van der Waals surface area contributed by atoms with Crippen molar-refractivity contribution in [1.29, 1.82) is 0 Å². The number of carbonyl (C=O) groups excluding carboxylic acids is 2. The minimum atomic E-state index is -1.25. The van der Waals surface area contributed by atoms with Gasteiger partial charge in [0.1, 0.15) is 12.4 Å². The van der Waals surface area contributed by atoms with Crippen molar-refractivity contribution < 1.29 is 24.0 Å². The molecule has 1 amide bonds. The van der Waals surface area contributed by atoms with Gasteiger partial charge in [-0.05, 0) is 12.1 Å². The molecule has 0 radical (unpaired) electrons. The zero-order chi connectivity index (χ0) is 13.8. The molecule has 1 aliphatic rings. The number of carboxylic acid groups (broad SMARTS) is 1. The van der Waals surface area contributed by atoms with Crippen molar-refractivity contribution in [3.8, 4) is 0 Å². The fourth-order valence-electron chi connectivity index (χ4n) is 2.35. The SMILES string of the molecule is O=C([O-])CC1C(=O)NCC[NH+]1Cc1cccc(F)c1. The van der Waals surface area contributed by atoms with Gasteiger partial charge in [-0.1, -0.05) is 12.1 Å². The summed E-state index contributed by atoms with van der Waals surface area (Å²) in [5.74, 6) is -1.88. The fourth-order valence-corrected chi connectivity index (χ4v) is 2.35. The Morgan fingerprint density at radius 3 is 3.00 bits per heavy atom. The van der Waals surface area contributed by atoms with Crippen LogP contribution in [0.3, 0.4) is 0 Å². The molecule has 2 rings (SSSR count). The summed E-state index contributed by atoms with van der Waals surface area (Å²) in [6, 6.07) is 5.43. The summed E-state index contributed by atoms with van der Waals surface area (Å²) in [5, 5.41) is 13.3. The molecule has 1 saturated heterocycles. The first-order valence-electron chi connectivity index (χ1n) is 6.13. The minimum absolute atomic E-state index is 0.290. The van der Waals surface area contributed by atoms with Gasteiger partial charge in [-0.25, -0.2) is 4.39 Å². The first kappa shape index (κ1) is 13.5. The van der Waals surface area contributed by atoms with Gasteiger partial charge in [0, 0.05) is 18.0 Å². The van der Waals surface area contributed by atoms with Crippen LogP contribution in [0.2, 0.25) is 0 Å². The Balaban J connectivity index is 2.11. The summed E-state index contributed by atoms with van der Waals surface area (Å²) in [7, 11) is 0. The van der Waals surface area contributed by atoms with Gasteiger partial charge in [-0.15, -0.1) is 0 Å². The highest BCUT2D eigenvalue weighted by atomic mass is 19.1. The largest absolute Gasteiger partial charge is 0.550 e. The molecule has 0 aliphatic carbocycles. The van der Waals surface area contributed by atoms with E-state index >= 15 is 0 Å². The van der Waals surface area contributed by atoms with Gasteiger partial charge in [0.2, 0.25) is 0 Å². The highest BCUT2D eigenvalue weighted by molar-refractivity contribution is 5.84. The van der Waals surface area contributed by atoms with Crippen LogP contribution in [0.4, 0.5) is 4.39 Å². The molecule has 1 aliphatic heterocycles. The highest BCUT2D eigenvalue weighted by Crippen LogP contribution is 2.02. The van der Waals surface area contributed by atoms with Crippen LogP contribution in [-0.2, 0) is 16.1 Å². The minimum Gasteiger partial charge on any atom is -0.550 e. The summed E-state index contributed by atoms with van der Waals surface area (Å²) in [6.07, 6.45) is -0.323. The van der Waals surface area contributed by atoms with E-state index in [2.05, 4.69) is 5.32 Å². The third-order valence-corrected chi connectivity index (χ3v) is 3.25. The third kappa shape index (κ3) is 3.51. The van der Waals surface area contributed by atoms with Crippen LogP contribution in [0.25, 0.3) is 0 Å². The number of hydrogen-bond acceptors (Lipinski definition) is 3. The Bertz CT molecular complexity index is 493. The second-order valence-electron chi connectivity index (χ2n) is 4.63. The monoisotopic (exact) mass is 266 g/mol. The van der Waals surface area contributed by atoms with Crippen molar-refractivity contribution in [3.05, 3.63) is 35.6 Å². The van der Waals surface area contributed by atoms with Gasteiger partial charge < -0.3 is 20.1 Å². The summed E-state index contributed by atoms with van der Waals surface area (Å²) < 4.78 is 13.1. The number of benzene rings is 1. The zero-order valence-electron chi connectivity index (χ0n) is 10.3. The van der Waals surface area contributed by atoms with Crippen LogP contribution in [-0.4, -0.2) is 31.0 Å². The number of carboxylic acids is 1. The molecular formula is C13H15FN2O3. The van der Waals surface area contributed by atoms with Gasteiger partial charge in [0.25, 0.3) is 5.91 Å². The standard InChI is InChI=1S/C13H15FN2O3/c14-10-3-1-2-9(6-10)8-16-5-4-15-13(19)11(16)7-12(17)18/h1-3,6,11H,4-5,7-8H2,(H,15,19)(H,17,18). The number of amides is 1. The first-order valence-corrected chi connectivity index (χ1v) is 6.13. The highest BCUT2D eigenvalue weighted by Gasteiger charge is 2.33. The molecule has 6 heteroatoms. The van der Waals surface area contributed by atoms with Crippen LogP contribution in [0.1, 0.15) is 12.0 Å². The van der Waals surface area contributed by atoms with Crippen LogP contribution < -0.4 is 15.3 Å². The maximum Gasteiger partial charge on any atom is 0.278 e. The van der Waals surface area contributed by atoms with Crippen LogP contribution in [0.5, 0.6) is 0 Å². The summed E-state index contributed by atoms with van der Waals surface area (Å²) in [6.45, 7) is 1.52. The average Bonchev–Trinajstić information content (AvgIpc) is 2.33. The van der Waals surface area contributed by atoms with Crippen molar-refractivity contribution in [2.24, 2.45) is 0 Å². The predicted octanol–water partition coefficient (Wildman–Crippen LogP) is -2.15. The third-order valence-electron chi connectivity index (χ3n) is 3.25. The van der Waals surface area contributed by atoms with Gasteiger partial charge in [0.15, 0.2) is 6.04 Å². The number of nitrogens with one attached hydrogen (secondary N) is 2. The van der Waals surface area contributed by atoms with E-state index in [0.717, 1.165) is 10.5 Å². The van der Waals surface area contributed by atoms with E-state index in [4.69, 9.17) is 0 Å². The van der Waals surface area contributed by atoms with E-state index in [1.807, 2.05) is 0 Å². The summed E-state index contributed by atoms with van der Waals surface area (Å²) in [4.78, 5) is 23.2. The lowest BCUT2D eigenvalue weighted by molar-refractivity contribution is -0.930. The van der Waals surface area contributed by atoms with Crippen molar-refractivity contribution in [2.75, 3.05) is 13.1 Å². The predicted molar refractivity (Wildman–Crippen MR) is 62.4 cm³/mol. The van der Waals surface area contributed by atoms with Crippen LogP contribution >= 0.6 is 0 Å². The molecule has 1 heterocycles. The maximum absolute atomic E-state index is 13.1. The number of hydrogen-bond donors (Lipinski definition) is 2. The smallest absolute Gasteiger partial charge is 0.278 e. The lowest BCUT2D eigenvalue weighted by atomic mass is 10.1. The van der Waals surface area contributed by atoms with Gasteiger partial charge in [-0.2, -0.15) is 0 Å². The number of aliphatic carboxylic acids is 1. The Morgan fingerprint density at radius 2 is 2.32 bits per heavy atom. The number of halogens is 1. The molecule has 0 aromatic heterocycles. The normalized spacial score (nSPS) is 22.9. The van der Waals surface area contributed by atoms with Crippen molar-refractivity contribution in [1.82, 2.24) is 5.32 Å². The molecule has 0 spiro atoms. The Labute approximate surface area is 110 Å². The van der Waals surface area contributed by atoms with E-state index in [1.165, 1.54) is 12.1 Å². The van der Waals surface area contributed by atoms with Gasteiger partial charge in [-0.3, -0.25) is 4.79 Å². The molecule has 5 nitrogen and oxygen atoms in total. The second kappa shape index (κ2) is 5.79. The van der Waals surface area contributed by atoms with E-state index in [-0.39, 0.29) is 18.1 Å². The van der Waals surface area contributed by atoms with E-state index in [1.54, 1.807) is 12.1 Å². The molecule has 2 N–H and O–H groups in total. The number of rotatable bonds is 4. The molecule has 1 fully saturated rings. The van der Waals surface area contributed by atoms with Gasteiger partial charge >= 0.3 is 0 Å². The summed E-state index contributed by atoms with van der Waals surface area (Å²) in [5.41, 5.74) is 0.744. The molecule has 2 unspecified atom stereocenters. The molecule has 0 saturated carbocycles. The molecule has 0 bridgehead atoms. The lowest BCUT2D eigenvalue weighted by Gasteiger charge is -2.32. The maximum atomic E-state index is 13.1. The quantitative estimate of drug-likeness (QED) is 0.652. The van der Waals surface area contributed by atoms with Gasteiger partial charge in [0.05, 0.1) is 13.1 Å².